The van der Waals surface area contributed by atoms with Crippen molar-refractivity contribution in [3.05, 3.63) is 326 Å². The molecule has 0 spiro atoms. The van der Waals surface area contributed by atoms with Crippen LogP contribution in [-0.4, -0.2) is 48.2 Å². The molecule has 0 bridgehead atoms. The van der Waals surface area contributed by atoms with Gasteiger partial charge in [0.15, 0.2) is 11.6 Å². The second-order valence-corrected chi connectivity index (χ2v) is 25.5. The van der Waals surface area contributed by atoms with Crippen LogP contribution < -0.4 is 9.80 Å². The Hall–Kier alpha value is -13.3. The molecule has 19 aromatic rings. The predicted molar refractivity (Wildman–Crippen MR) is 396 cm³/mol. The van der Waals surface area contributed by atoms with Crippen LogP contribution in [0.1, 0.15) is 22.3 Å². The van der Waals surface area contributed by atoms with Gasteiger partial charge >= 0.3 is 0 Å². The number of benzene rings is 13. The molecule has 0 fully saturated rings. The van der Waals surface area contributed by atoms with Crippen LogP contribution >= 0.6 is 0 Å². The lowest BCUT2D eigenvalue weighted by atomic mass is 9.96. The molecule has 2 aliphatic heterocycles. The van der Waals surface area contributed by atoms with Gasteiger partial charge in [-0.15, -0.1) is 0 Å². The fourth-order valence-corrected chi connectivity index (χ4v) is 15.8. The number of para-hydroxylation sites is 10. The Kier molecular flexibility index (Phi) is 11.6. The predicted octanol–water partition coefficient (Wildman–Crippen LogP) is 20.5. The van der Waals surface area contributed by atoms with Crippen molar-refractivity contribution in [1.29, 1.82) is 0 Å². The van der Waals surface area contributed by atoms with Gasteiger partial charge in [0.25, 0.3) is 0 Å². The lowest BCUT2D eigenvalue weighted by molar-refractivity contribution is 0.900. The van der Waals surface area contributed by atoms with Crippen LogP contribution in [-0.2, 0) is 12.8 Å². The second-order valence-electron chi connectivity index (χ2n) is 25.5. The molecule has 0 atom stereocenters. The maximum absolute atomic E-state index is 5.67. The smallest absolute Gasteiger partial charge is 0.241 e. The number of rotatable bonds is 8. The topological polar surface area (TPSA) is 104 Å². The zero-order chi connectivity index (χ0) is 64.1. The van der Waals surface area contributed by atoms with E-state index in [9.17, 15) is 0 Å². The highest BCUT2D eigenvalue weighted by atomic mass is 15.4. The standard InChI is InChI=1S/C86H54N12/c1-11-31-69-55(21-1)49-56-22-2-12-32-70(56)95(69)84-90-85(96-71-33-13-3-23-57(71)50-58-24-4-14-34-72(58)96)92-86(91-84)98-78-40-20-10-30-66(78)68-51-79-67(52-80(68)98)65-29-9-19-39-77(65)97(79)83-88-81(53-41-45-59(46-42-53)93-73-35-15-5-25-61(73)62-26-6-16-36-74(62)93)87-82(89-83)54-43-47-60(48-44-54)94-75-37-17-7-27-63(75)64-28-8-18-38-76(64)94/h1-48,51-52H,49-50H2. The van der Waals surface area contributed by atoms with Crippen LogP contribution in [0, 0.1) is 0 Å². The summed E-state index contributed by atoms with van der Waals surface area (Å²) in [6, 6.07) is 108. The minimum absolute atomic E-state index is 0.487. The van der Waals surface area contributed by atoms with Gasteiger partial charge in [-0.3, -0.25) is 18.9 Å². The van der Waals surface area contributed by atoms with E-state index in [0.717, 1.165) is 124 Å². The molecular formula is C86H54N12. The van der Waals surface area contributed by atoms with Crippen molar-refractivity contribution in [2.45, 2.75) is 12.8 Å². The number of hydrogen-bond acceptors (Lipinski definition) is 8. The molecule has 2 aliphatic rings. The van der Waals surface area contributed by atoms with Gasteiger partial charge in [0, 0.05) is 78.4 Å². The van der Waals surface area contributed by atoms with Crippen LogP contribution in [0.15, 0.2) is 303 Å². The summed E-state index contributed by atoms with van der Waals surface area (Å²) in [5, 5.41) is 8.94. The first-order chi connectivity index (χ1) is 48.6. The summed E-state index contributed by atoms with van der Waals surface area (Å²) in [6.07, 6.45) is 1.58. The Labute approximate surface area is 561 Å². The Bertz CT molecular complexity index is 6040. The van der Waals surface area contributed by atoms with Crippen molar-refractivity contribution in [1.82, 2.24) is 48.2 Å². The van der Waals surface area contributed by atoms with Crippen molar-refractivity contribution in [2.24, 2.45) is 0 Å². The van der Waals surface area contributed by atoms with Gasteiger partial charge in [-0.25, -0.2) is 4.98 Å². The molecule has 0 saturated heterocycles. The number of nitrogens with zero attached hydrogens (tertiary/aromatic N) is 12. The molecule has 0 radical (unpaired) electrons. The minimum Gasteiger partial charge on any atom is -0.309 e. The largest absolute Gasteiger partial charge is 0.309 e. The van der Waals surface area contributed by atoms with E-state index in [1.54, 1.807) is 0 Å². The molecule has 0 unspecified atom stereocenters. The van der Waals surface area contributed by atoms with Gasteiger partial charge in [-0.05, 0) is 144 Å². The number of fused-ring (bicyclic) bond motifs is 16. The lowest BCUT2D eigenvalue weighted by Gasteiger charge is -2.34. The quantitative estimate of drug-likeness (QED) is 0.148. The van der Waals surface area contributed by atoms with Gasteiger partial charge in [0.2, 0.25) is 23.8 Å². The van der Waals surface area contributed by atoms with Gasteiger partial charge < -0.3 is 9.13 Å². The molecule has 21 rings (SSSR count). The van der Waals surface area contributed by atoms with Crippen molar-refractivity contribution in [2.75, 3.05) is 9.80 Å². The third-order valence-corrected chi connectivity index (χ3v) is 20.1. The van der Waals surface area contributed by atoms with E-state index in [4.69, 9.17) is 29.9 Å². The summed E-state index contributed by atoms with van der Waals surface area (Å²) in [5.41, 5.74) is 21.1. The Morgan fingerprint density at radius 2 is 0.469 bits per heavy atom. The van der Waals surface area contributed by atoms with E-state index in [1.165, 1.54) is 43.8 Å². The highest BCUT2D eigenvalue weighted by molar-refractivity contribution is 6.19. The van der Waals surface area contributed by atoms with Crippen LogP contribution in [0.5, 0.6) is 0 Å². The first kappa shape index (κ1) is 54.1. The molecule has 98 heavy (non-hydrogen) atoms. The van der Waals surface area contributed by atoms with E-state index in [-0.39, 0.29) is 0 Å². The zero-order valence-corrected chi connectivity index (χ0v) is 52.6. The van der Waals surface area contributed by atoms with Crippen LogP contribution in [0.25, 0.3) is 133 Å². The van der Waals surface area contributed by atoms with E-state index in [1.807, 2.05) is 0 Å². The summed E-state index contributed by atoms with van der Waals surface area (Å²) in [7, 11) is 0. The first-order valence-corrected chi connectivity index (χ1v) is 33.2. The number of hydrogen-bond donors (Lipinski definition) is 0. The monoisotopic (exact) mass is 1250 g/mol. The minimum atomic E-state index is 0.487. The molecule has 0 saturated carbocycles. The Morgan fingerprint density at radius 3 is 0.806 bits per heavy atom. The van der Waals surface area contributed by atoms with Crippen molar-refractivity contribution in [3.8, 4) is 46.0 Å². The first-order valence-electron chi connectivity index (χ1n) is 33.2. The van der Waals surface area contributed by atoms with E-state index >= 15 is 0 Å². The van der Waals surface area contributed by atoms with Crippen molar-refractivity contribution < 1.29 is 0 Å². The second kappa shape index (κ2) is 21.1. The molecule has 0 amide bonds. The number of aromatic nitrogens is 10. The molecule has 0 N–H and O–H groups in total. The lowest BCUT2D eigenvalue weighted by Crippen LogP contribution is -2.25. The summed E-state index contributed by atoms with van der Waals surface area (Å²) in [5.74, 6) is 3.10. The maximum atomic E-state index is 5.67. The van der Waals surface area contributed by atoms with Crippen LogP contribution in [0.2, 0.25) is 0 Å². The maximum Gasteiger partial charge on any atom is 0.241 e. The van der Waals surface area contributed by atoms with Gasteiger partial charge in [0.05, 0.1) is 66.9 Å². The molecule has 8 heterocycles. The molecule has 458 valence electrons. The average Bonchev–Trinajstić information content (AvgIpc) is 1.62. The van der Waals surface area contributed by atoms with Crippen molar-refractivity contribution in [3.63, 3.8) is 0 Å². The van der Waals surface area contributed by atoms with E-state index < -0.39 is 0 Å². The van der Waals surface area contributed by atoms with Gasteiger partial charge in [-0.1, -0.05) is 182 Å². The highest BCUT2D eigenvalue weighted by Gasteiger charge is 2.32. The molecule has 6 aromatic heterocycles. The average molecular weight is 1260 g/mol. The van der Waals surface area contributed by atoms with E-state index in [2.05, 4.69) is 331 Å². The summed E-state index contributed by atoms with van der Waals surface area (Å²) in [6.45, 7) is 0. The van der Waals surface area contributed by atoms with Gasteiger partial charge in [0.1, 0.15) is 0 Å². The number of anilines is 6. The third kappa shape index (κ3) is 8.12. The van der Waals surface area contributed by atoms with Crippen molar-refractivity contribution >= 4 is 122 Å². The fraction of sp³-hybridized carbons (Fsp3) is 0.0233. The fourth-order valence-electron chi connectivity index (χ4n) is 15.8. The Balaban J connectivity index is 0.780. The zero-order valence-electron chi connectivity index (χ0n) is 52.6. The van der Waals surface area contributed by atoms with Crippen LogP contribution in [0.3, 0.4) is 0 Å². The molecular weight excluding hydrogens is 1200 g/mol. The molecule has 13 aromatic carbocycles. The molecule has 12 heteroatoms. The van der Waals surface area contributed by atoms with Gasteiger partial charge in [-0.2, -0.15) is 24.9 Å². The normalized spacial score (nSPS) is 12.8. The summed E-state index contributed by atoms with van der Waals surface area (Å²) in [4.78, 5) is 37.9. The summed E-state index contributed by atoms with van der Waals surface area (Å²) >= 11 is 0. The van der Waals surface area contributed by atoms with E-state index in [0.29, 0.717) is 35.4 Å². The molecule has 12 nitrogen and oxygen atoms in total. The summed E-state index contributed by atoms with van der Waals surface area (Å²) < 4.78 is 9.14. The van der Waals surface area contributed by atoms with Crippen LogP contribution in [0.4, 0.5) is 34.6 Å². The SMILES string of the molecule is c1ccc2c(c1)Cc1ccccc1N2c1nc(N2c3ccccc3Cc3ccccc32)nc(-n2c3ccccc3c3cc4c(cc32)c2ccccc2n4-c2nc(-c3ccc(-n4c5ccccc5c5ccccc54)cc3)nc(-c3ccc(-n4c5ccccc5c5ccccc54)cc3)n2)n1. The highest BCUT2D eigenvalue weighted by Crippen LogP contribution is 2.48. The molecule has 0 aliphatic carbocycles. The Morgan fingerprint density at radius 1 is 0.204 bits per heavy atom. The third-order valence-electron chi connectivity index (χ3n) is 20.1.